The van der Waals surface area contributed by atoms with Gasteiger partial charge in [-0.25, -0.2) is 0 Å². The maximum absolute atomic E-state index is 4.37. The largest absolute Gasteiger partial charge is 0.311 e. The first kappa shape index (κ1) is 14.6. The number of aromatic nitrogens is 2. The third-order valence-electron chi connectivity index (χ3n) is 4.52. The van der Waals surface area contributed by atoms with E-state index in [2.05, 4.69) is 35.0 Å². The van der Waals surface area contributed by atoms with Gasteiger partial charge in [-0.15, -0.1) is 0 Å². The van der Waals surface area contributed by atoms with Gasteiger partial charge in [0, 0.05) is 19.3 Å². The topological polar surface area (TPSA) is 29.9 Å². The molecule has 0 spiro atoms. The summed E-state index contributed by atoms with van der Waals surface area (Å²) in [6.07, 6.45) is 10.2. The van der Waals surface area contributed by atoms with Gasteiger partial charge in [0.05, 0.1) is 5.69 Å². The second-order valence-corrected chi connectivity index (χ2v) is 5.97. The van der Waals surface area contributed by atoms with Crippen molar-refractivity contribution in [1.82, 2.24) is 15.1 Å². The van der Waals surface area contributed by atoms with Crippen LogP contribution in [0.3, 0.4) is 0 Å². The number of hydrogen-bond acceptors (Lipinski definition) is 2. The van der Waals surface area contributed by atoms with Crippen LogP contribution >= 0.6 is 0 Å². The summed E-state index contributed by atoms with van der Waals surface area (Å²) in [4.78, 5) is 0. The predicted octanol–water partition coefficient (Wildman–Crippen LogP) is 3.60. The Morgan fingerprint density at radius 3 is 2.63 bits per heavy atom. The molecule has 1 aliphatic rings. The second kappa shape index (κ2) is 7.68. The SMILES string of the molecule is CCCn1nccc1CNCC1CCC(CC)CC1. The van der Waals surface area contributed by atoms with Crippen molar-refractivity contribution >= 4 is 0 Å². The normalized spacial score (nSPS) is 23.7. The average molecular weight is 263 g/mol. The second-order valence-electron chi connectivity index (χ2n) is 5.97. The molecule has 0 saturated heterocycles. The average Bonchev–Trinajstić information content (AvgIpc) is 2.88. The number of aryl methyl sites for hydroxylation is 1. The number of nitrogens with one attached hydrogen (secondary N) is 1. The van der Waals surface area contributed by atoms with Crippen LogP contribution in [-0.2, 0) is 13.1 Å². The van der Waals surface area contributed by atoms with E-state index in [1.807, 2.05) is 6.20 Å². The Bertz CT molecular complexity index is 351. The lowest BCUT2D eigenvalue weighted by atomic mass is 9.81. The van der Waals surface area contributed by atoms with Gasteiger partial charge >= 0.3 is 0 Å². The standard InChI is InChI=1S/C16H29N3/c1-3-11-19-16(9-10-18-19)13-17-12-15-7-5-14(4-2)6-8-15/h9-10,14-15,17H,3-8,11-13H2,1-2H3. The lowest BCUT2D eigenvalue weighted by Gasteiger charge is -2.27. The molecule has 1 aromatic rings. The molecule has 0 amide bonds. The lowest BCUT2D eigenvalue weighted by molar-refractivity contribution is 0.262. The van der Waals surface area contributed by atoms with Gasteiger partial charge in [-0.3, -0.25) is 4.68 Å². The van der Waals surface area contributed by atoms with Crippen LogP contribution < -0.4 is 5.32 Å². The Morgan fingerprint density at radius 1 is 1.21 bits per heavy atom. The summed E-state index contributed by atoms with van der Waals surface area (Å²) in [5, 5.41) is 8.00. The van der Waals surface area contributed by atoms with Gasteiger partial charge in [0.2, 0.25) is 0 Å². The van der Waals surface area contributed by atoms with E-state index < -0.39 is 0 Å². The van der Waals surface area contributed by atoms with E-state index in [-0.39, 0.29) is 0 Å². The van der Waals surface area contributed by atoms with Crippen molar-refractivity contribution in [3.63, 3.8) is 0 Å². The minimum absolute atomic E-state index is 0.894. The van der Waals surface area contributed by atoms with Gasteiger partial charge < -0.3 is 5.32 Å². The zero-order valence-electron chi connectivity index (χ0n) is 12.6. The molecule has 1 N–H and O–H groups in total. The minimum Gasteiger partial charge on any atom is -0.311 e. The molecule has 0 unspecified atom stereocenters. The predicted molar refractivity (Wildman–Crippen MR) is 80.0 cm³/mol. The van der Waals surface area contributed by atoms with Crippen molar-refractivity contribution in [2.45, 2.75) is 65.5 Å². The van der Waals surface area contributed by atoms with Crippen LogP contribution in [0.25, 0.3) is 0 Å². The molecule has 0 aromatic carbocycles. The molecule has 0 atom stereocenters. The van der Waals surface area contributed by atoms with E-state index in [4.69, 9.17) is 0 Å². The molecule has 1 saturated carbocycles. The highest BCUT2D eigenvalue weighted by atomic mass is 15.3. The summed E-state index contributed by atoms with van der Waals surface area (Å²) < 4.78 is 2.13. The summed E-state index contributed by atoms with van der Waals surface area (Å²) in [6.45, 7) is 7.70. The molecular formula is C16H29N3. The summed E-state index contributed by atoms with van der Waals surface area (Å²) in [5.41, 5.74) is 1.32. The molecule has 1 aliphatic carbocycles. The molecule has 2 rings (SSSR count). The van der Waals surface area contributed by atoms with E-state index in [0.29, 0.717) is 0 Å². The van der Waals surface area contributed by atoms with Gasteiger partial charge in [-0.2, -0.15) is 5.10 Å². The van der Waals surface area contributed by atoms with E-state index in [9.17, 15) is 0 Å². The number of nitrogens with zero attached hydrogens (tertiary/aromatic N) is 2. The first-order valence-electron chi connectivity index (χ1n) is 8.04. The molecule has 19 heavy (non-hydrogen) atoms. The fraction of sp³-hybridized carbons (Fsp3) is 0.812. The highest BCUT2D eigenvalue weighted by Crippen LogP contribution is 2.30. The fourth-order valence-electron chi connectivity index (χ4n) is 3.17. The summed E-state index contributed by atoms with van der Waals surface area (Å²) in [6, 6.07) is 2.14. The summed E-state index contributed by atoms with van der Waals surface area (Å²) in [7, 11) is 0. The maximum Gasteiger partial charge on any atom is 0.0522 e. The fourth-order valence-corrected chi connectivity index (χ4v) is 3.17. The third kappa shape index (κ3) is 4.34. The molecule has 0 radical (unpaired) electrons. The van der Waals surface area contributed by atoms with Crippen molar-refractivity contribution in [3.8, 4) is 0 Å². The van der Waals surface area contributed by atoms with Crippen LogP contribution in [0, 0.1) is 11.8 Å². The molecule has 108 valence electrons. The molecule has 1 heterocycles. The number of rotatable bonds is 7. The van der Waals surface area contributed by atoms with E-state index >= 15 is 0 Å². The Hall–Kier alpha value is -0.830. The van der Waals surface area contributed by atoms with Gasteiger partial charge in [0.15, 0.2) is 0 Å². The van der Waals surface area contributed by atoms with Crippen molar-refractivity contribution in [2.24, 2.45) is 11.8 Å². The van der Waals surface area contributed by atoms with Gasteiger partial charge in [-0.05, 0) is 43.7 Å². The van der Waals surface area contributed by atoms with E-state index in [1.54, 1.807) is 0 Å². The van der Waals surface area contributed by atoms with Gasteiger partial charge in [0.1, 0.15) is 0 Å². The van der Waals surface area contributed by atoms with Crippen molar-refractivity contribution in [3.05, 3.63) is 18.0 Å². The first-order chi connectivity index (χ1) is 9.33. The molecule has 0 bridgehead atoms. The highest BCUT2D eigenvalue weighted by Gasteiger charge is 2.19. The summed E-state index contributed by atoms with van der Waals surface area (Å²) >= 11 is 0. The van der Waals surface area contributed by atoms with Crippen molar-refractivity contribution in [2.75, 3.05) is 6.54 Å². The Balaban J connectivity index is 1.67. The molecule has 3 nitrogen and oxygen atoms in total. The Kier molecular flexibility index (Phi) is 5.90. The molecule has 1 fully saturated rings. The maximum atomic E-state index is 4.37. The van der Waals surface area contributed by atoms with E-state index in [1.165, 1.54) is 44.3 Å². The molecule has 3 heteroatoms. The van der Waals surface area contributed by atoms with Crippen LogP contribution in [-0.4, -0.2) is 16.3 Å². The number of hydrogen-bond donors (Lipinski definition) is 1. The highest BCUT2D eigenvalue weighted by molar-refractivity contribution is 5.00. The minimum atomic E-state index is 0.894. The quantitative estimate of drug-likeness (QED) is 0.814. The zero-order valence-corrected chi connectivity index (χ0v) is 12.6. The van der Waals surface area contributed by atoms with Gasteiger partial charge in [-0.1, -0.05) is 33.1 Å². The van der Waals surface area contributed by atoms with Crippen molar-refractivity contribution < 1.29 is 0 Å². The zero-order chi connectivity index (χ0) is 13.5. The monoisotopic (exact) mass is 263 g/mol. The van der Waals surface area contributed by atoms with Crippen LogP contribution in [0.5, 0.6) is 0 Å². The van der Waals surface area contributed by atoms with Gasteiger partial charge in [0.25, 0.3) is 0 Å². The Morgan fingerprint density at radius 2 is 1.95 bits per heavy atom. The van der Waals surface area contributed by atoms with Crippen LogP contribution in [0.4, 0.5) is 0 Å². The smallest absolute Gasteiger partial charge is 0.0522 e. The van der Waals surface area contributed by atoms with E-state index in [0.717, 1.165) is 31.3 Å². The summed E-state index contributed by atoms with van der Waals surface area (Å²) in [5.74, 6) is 1.90. The molecular weight excluding hydrogens is 234 g/mol. The van der Waals surface area contributed by atoms with Crippen LogP contribution in [0.15, 0.2) is 12.3 Å². The molecule has 1 aromatic heterocycles. The third-order valence-corrected chi connectivity index (χ3v) is 4.52. The van der Waals surface area contributed by atoms with Crippen molar-refractivity contribution in [1.29, 1.82) is 0 Å². The lowest BCUT2D eigenvalue weighted by Crippen LogP contribution is -2.27. The van der Waals surface area contributed by atoms with Crippen LogP contribution in [0.1, 0.15) is 58.1 Å². The Labute approximate surface area is 117 Å². The first-order valence-corrected chi connectivity index (χ1v) is 8.04. The molecule has 0 aliphatic heterocycles. The van der Waals surface area contributed by atoms with Crippen LogP contribution in [0.2, 0.25) is 0 Å².